The SMILES string of the molecule is CC(C)NC(=O)CCNC(=O)c1cnn(-c2ccccc2F)c1-n1cccc1. The van der Waals surface area contributed by atoms with Crippen LogP contribution in [0.4, 0.5) is 4.39 Å². The van der Waals surface area contributed by atoms with E-state index >= 15 is 0 Å². The maximum atomic E-state index is 14.3. The summed E-state index contributed by atoms with van der Waals surface area (Å²) in [7, 11) is 0. The summed E-state index contributed by atoms with van der Waals surface area (Å²) >= 11 is 0. The van der Waals surface area contributed by atoms with Crippen molar-refractivity contribution in [2.75, 3.05) is 6.54 Å². The van der Waals surface area contributed by atoms with E-state index in [0.717, 1.165) is 0 Å². The average Bonchev–Trinajstić information content (AvgIpc) is 3.30. The molecule has 28 heavy (non-hydrogen) atoms. The van der Waals surface area contributed by atoms with Gasteiger partial charge >= 0.3 is 0 Å². The molecule has 2 N–H and O–H groups in total. The molecule has 8 heteroatoms. The van der Waals surface area contributed by atoms with Crippen LogP contribution in [0.5, 0.6) is 0 Å². The first-order chi connectivity index (χ1) is 13.5. The minimum absolute atomic E-state index is 0.0440. The van der Waals surface area contributed by atoms with E-state index in [1.165, 1.54) is 16.9 Å². The number of amides is 2. The van der Waals surface area contributed by atoms with Crippen molar-refractivity contribution in [2.45, 2.75) is 26.3 Å². The van der Waals surface area contributed by atoms with E-state index in [1.54, 1.807) is 47.3 Å². The maximum absolute atomic E-state index is 14.3. The molecule has 0 aliphatic rings. The molecule has 0 radical (unpaired) electrons. The van der Waals surface area contributed by atoms with Gasteiger partial charge in [-0.2, -0.15) is 5.10 Å². The Morgan fingerprint density at radius 1 is 1.14 bits per heavy atom. The number of nitrogens with one attached hydrogen (secondary N) is 2. The third-order valence-electron chi connectivity index (χ3n) is 4.01. The van der Waals surface area contributed by atoms with Crippen LogP contribution in [0.3, 0.4) is 0 Å². The zero-order valence-corrected chi connectivity index (χ0v) is 15.7. The molecule has 146 valence electrons. The molecule has 3 aromatic rings. The summed E-state index contributed by atoms with van der Waals surface area (Å²) in [5.41, 5.74) is 0.519. The molecule has 0 saturated heterocycles. The van der Waals surface area contributed by atoms with Gasteiger partial charge < -0.3 is 15.2 Å². The number of carbonyl (C=O) groups excluding carboxylic acids is 2. The third-order valence-corrected chi connectivity index (χ3v) is 4.01. The molecule has 1 aromatic carbocycles. The first kappa shape index (κ1) is 19.3. The number of carbonyl (C=O) groups is 2. The van der Waals surface area contributed by atoms with Crippen LogP contribution < -0.4 is 10.6 Å². The van der Waals surface area contributed by atoms with Gasteiger partial charge in [0.05, 0.1) is 6.20 Å². The van der Waals surface area contributed by atoms with Crippen molar-refractivity contribution in [1.82, 2.24) is 25.0 Å². The molecule has 0 bridgehead atoms. The number of hydrogen-bond donors (Lipinski definition) is 2. The van der Waals surface area contributed by atoms with Crippen molar-refractivity contribution in [1.29, 1.82) is 0 Å². The van der Waals surface area contributed by atoms with Gasteiger partial charge in [-0.05, 0) is 38.1 Å². The van der Waals surface area contributed by atoms with E-state index < -0.39 is 5.82 Å². The largest absolute Gasteiger partial charge is 0.354 e. The number of rotatable bonds is 7. The molecule has 2 aromatic heterocycles. The fourth-order valence-corrected chi connectivity index (χ4v) is 2.81. The number of halogens is 1. The molecule has 0 aliphatic heterocycles. The van der Waals surface area contributed by atoms with Crippen molar-refractivity contribution in [2.24, 2.45) is 0 Å². The predicted molar refractivity (Wildman–Crippen MR) is 103 cm³/mol. The van der Waals surface area contributed by atoms with Gasteiger partial charge in [0.15, 0.2) is 5.82 Å². The number of para-hydroxylation sites is 1. The predicted octanol–water partition coefficient (Wildman–Crippen LogP) is 2.45. The summed E-state index contributed by atoms with van der Waals surface area (Å²) in [4.78, 5) is 24.4. The smallest absolute Gasteiger partial charge is 0.256 e. The maximum Gasteiger partial charge on any atom is 0.256 e. The van der Waals surface area contributed by atoms with E-state index in [9.17, 15) is 14.0 Å². The van der Waals surface area contributed by atoms with Gasteiger partial charge in [-0.1, -0.05) is 12.1 Å². The number of hydrogen-bond acceptors (Lipinski definition) is 3. The average molecular weight is 383 g/mol. The van der Waals surface area contributed by atoms with Crippen LogP contribution in [0, 0.1) is 5.82 Å². The van der Waals surface area contributed by atoms with Crippen LogP contribution >= 0.6 is 0 Å². The Hall–Kier alpha value is -3.42. The summed E-state index contributed by atoms with van der Waals surface area (Å²) in [5, 5.41) is 9.72. The highest BCUT2D eigenvalue weighted by atomic mass is 19.1. The van der Waals surface area contributed by atoms with Gasteiger partial charge in [-0.3, -0.25) is 9.59 Å². The second kappa shape index (κ2) is 8.51. The number of benzene rings is 1. The minimum Gasteiger partial charge on any atom is -0.354 e. The highest BCUT2D eigenvalue weighted by Crippen LogP contribution is 2.21. The molecule has 0 fully saturated rings. The van der Waals surface area contributed by atoms with Crippen molar-refractivity contribution in [3.63, 3.8) is 0 Å². The first-order valence-electron chi connectivity index (χ1n) is 9.01. The van der Waals surface area contributed by atoms with Gasteiger partial charge in [0.2, 0.25) is 5.91 Å². The lowest BCUT2D eigenvalue weighted by molar-refractivity contribution is -0.121. The fourth-order valence-electron chi connectivity index (χ4n) is 2.81. The van der Waals surface area contributed by atoms with Crippen LogP contribution in [0.15, 0.2) is 55.0 Å². The van der Waals surface area contributed by atoms with Gasteiger partial charge in [0, 0.05) is 31.4 Å². The topological polar surface area (TPSA) is 81.0 Å². The highest BCUT2D eigenvalue weighted by molar-refractivity contribution is 5.97. The molecular formula is C20H22FN5O2. The quantitative estimate of drug-likeness (QED) is 0.658. The normalized spacial score (nSPS) is 10.9. The summed E-state index contributed by atoms with van der Waals surface area (Å²) in [5.74, 6) is -0.554. The van der Waals surface area contributed by atoms with Gasteiger partial charge in [-0.15, -0.1) is 0 Å². The molecular weight excluding hydrogens is 361 g/mol. The van der Waals surface area contributed by atoms with E-state index in [-0.39, 0.29) is 42.1 Å². The second-order valence-electron chi connectivity index (χ2n) is 6.56. The van der Waals surface area contributed by atoms with Crippen LogP contribution in [-0.4, -0.2) is 38.7 Å². The lowest BCUT2D eigenvalue weighted by atomic mass is 10.2. The molecule has 0 spiro atoms. The zero-order valence-electron chi connectivity index (χ0n) is 15.7. The summed E-state index contributed by atoms with van der Waals surface area (Å²) in [6.45, 7) is 3.93. The molecule has 0 aliphatic carbocycles. The highest BCUT2D eigenvalue weighted by Gasteiger charge is 2.21. The fraction of sp³-hybridized carbons (Fsp3) is 0.250. The Balaban J connectivity index is 1.85. The van der Waals surface area contributed by atoms with Gasteiger partial charge in [-0.25, -0.2) is 9.07 Å². The van der Waals surface area contributed by atoms with Crippen molar-refractivity contribution < 1.29 is 14.0 Å². The molecule has 3 rings (SSSR count). The van der Waals surface area contributed by atoms with Crippen molar-refractivity contribution in [3.05, 3.63) is 66.4 Å². The Morgan fingerprint density at radius 2 is 1.86 bits per heavy atom. The standard InChI is InChI=1S/C20H22FN5O2/c1-14(2)24-18(27)9-10-22-19(28)15-13-23-26(17-8-4-3-7-16(17)21)20(15)25-11-5-6-12-25/h3-8,11-14H,9-10H2,1-2H3,(H,22,28)(H,24,27). The molecule has 0 saturated carbocycles. The monoisotopic (exact) mass is 383 g/mol. The number of nitrogens with zero attached hydrogens (tertiary/aromatic N) is 3. The minimum atomic E-state index is -0.448. The van der Waals surface area contributed by atoms with Crippen LogP contribution in [0.1, 0.15) is 30.6 Å². The Labute approximate surface area is 162 Å². The third kappa shape index (κ3) is 4.28. The van der Waals surface area contributed by atoms with Crippen molar-refractivity contribution >= 4 is 11.8 Å². The second-order valence-corrected chi connectivity index (χ2v) is 6.56. The van der Waals surface area contributed by atoms with E-state index in [2.05, 4.69) is 15.7 Å². The van der Waals surface area contributed by atoms with Gasteiger partial charge in [0.1, 0.15) is 17.1 Å². The van der Waals surface area contributed by atoms with E-state index in [4.69, 9.17) is 0 Å². The molecule has 2 heterocycles. The molecule has 0 unspecified atom stereocenters. The Kier molecular flexibility index (Phi) is 5.88. The summed E-state index contributed by atoms with van der Waals surface area (Å²) in [6.07, 6.45) is 5.07. The molecule has 7 nitrogen and oxygen atoms in total. The van der Waals surface area contributed by atoms with Crippen LogP contribution in [0.2, 0.25) is 0 Å². The van der Waals surface area contributed by atoms with E-state index in [0.29, 0.717) is 5.82 Å². The van der Waals surface area contributed by atoms with E-state index in [1.807, 2.05) is 13.8 Å². The van der Waals surface area contributed by atoms with Crippen LogP contribution in [-0.2, 0) is 4.79 Å². The lowest BCUT2D eigenvalue weighted by Crippen LogP contribution is -2.34. The van der Waals surface area contributed by atoms with Crippen molar-refractivity contribution in [3.8, 4) is 11.5 Å². The molecule has 2 amide bonds. The Bertz CT molecular complexity index is 963. The van der Waals surface area contributed by atoms with Crippen LogP contribution in [0.25, 0.3) is 11.5 Å². The zero-order chi connectivity index (χ0) is 20.1. The Morgan fingerprint density at radius 3 is 2.54 bits per heavy atom. The van der Waals surface area contributed by atoms with Gasteiger partial charge in [0.25, 0.3) is 5.91 Å². The number of aromatic nitrogens is 3. The summed E-state index contributed by atoms with van der Waals surface area (Å²) < 4.78 is 17.4. The summed E-state index contributed by atoms with van der Waals surface area (Å²) in [6, 6.07) is 9.87. The lowest BCUT2D eigenvalue weighted by Gasteiger charge is -2.12. The first-order valence-corrected chi connectivity index (χ1v) is 9.01. The molecule has 0 atom stereocenters.